The minimum Gasteiger partial charge on any atom is -0.461 e. The minimum atomic E-state index is -0.166. The highest BCUT2D eigenvalue weighted by Gasteiger charge is 2.54. The first-order valence-electron chi connectivity index (χ1n) is 49.2. The van der Waals surface area contributed by atoms with Crippen molar-refractivity contribution in [1.82, 2.24) is 0 Å². The zero-order valence-electron chi connectivity index (χ0n) is 78.0. The summed E-state index contributed by atoms with van der Waals surface area (Å²) in [5, 5.41) is 0. The molecule has 14 heteroatoms. The monoisotopic (exact) mass is 1810 g/mol. The van der Waals surface area contributed by atoms with Gasteiger partial charge in [0, 0.05) is 131 Å². The van der Waals surface area contributed by atoms with E-state index in [1.807, 2.05) is 39.0 Å². The fourth-order valence-corrected chi connectivity index (χ4v) is 24.9. The highest BCUT2D eigenvalue weighted by molar-refractivity contribution is 7.06. The second-order valence-electron chi connectivity index (χ2n) is 38.9. The van der Waals surface area contributed by atoms with Crippen molar-refractivity contribution in [2.75, 3.05) is 29.4 Å². The summed E-state index contributed by atoms with van der Waals surface area (Å²) in [6.07, 6.45) is 0.548. The van der Waals surface area contributed by atoms with Crippen molar-refractivity contribution in [3.63, 3.8) is 0 Å². The maximum atomic E-state index is 7.37. The van der Waals surface area contributed by atoms with Gasteiger partial charge in [-0.3, -0.25) is 0 Å². The third-order valence-corrected chi connectivity index (χ3v) is 31.0. The average molecular weight is 1810 g/mol. The molecule has 10 nitrogen and oxygen atoms in total. The van der Waals surface area contributed by atoms with Crippen LogP contribution in [0.15, 0.2) is 461 Å². The Hall–Kier alpha value is -17.9. The summed E-state index contributed by atoms with van der Waals surface area (Å²) in [4.78, 5) is 15.4. The largest absolute Gasteiger partial charge is 0.461 e. The van der Waals surface area contributed by atoms with E-state index in [2.05, 4.69) is 454 Å². The molecule has 0 saturated carbocycles. The number of hydrogen-bond acceptors (Lipinski definition) is 10. The lowest BCUT2D eigenvalue weighted by molar-refractivity contribution is 0.534. The molecule has 30 rings (SSSR count). The van der Waals surface area contributed by atoms with Crippen LogP contribution in [0.1, 0.15) is 28.6 Å². The van der Waals surface area contributed by atoms with Gasteiger partial charge < -0.3 is 47.1 Å². The molecular formula is C128H84B4N6O4. The Morgan fingerprint density at radius 2 is 0.458 bits per heavy atom. The first-order chi connectivity index (χ1) is 70.1. The highest BCUT2D eigenvalue weighted by Crippen LogP contribution is 2.54. The maximum Gasteiger partial charge on any atom is 0.252 e. The van der Waals surface area contributed by atoms with E-state index in [0.29, 0.717) is 6.42 Å². The van der Waals surface area contributed by atoms with Crippen LogP contribution in [-0.4, -0.2) is 26.9 Å². The van der Waals surface area contributed by atoms with Crippen molar-refractivity contribution in [2.24, 2.45) is 0 Å². The molecule has 8 aliphatic rings. The number of fused-ring (bicyclic) bond motifs is 16. The van der Waals surface area contributed by atoms with Gasteiger partial charge in [0.15, 0.2) is 0 Å². The van der Waals surface area contributed by atoms with Crippen molar-refractivity contribution in [2.45, 2.75) is 27.2 Å². The molecule has 0 aliphatic carbocycles. The Kier molecular flexibility index (Phi) is 17.6. The Balaban J connectivity index is 0.555. The van der Waals surface area contributed by atoms with Crippen LogP contribution in [-0.2, 0) is 6.42 Å². The maximum absolute atomic E-state index is 7.37. The lowest BCUT2D eigenvalue weighted by Crippen LogP contribution is -2.68. The van der Waals surface area contributed by atoms with Crippen LogP contribution in [0.4, 0.5) is 102 Å². The average Bonchev–Trinajstić information content (AvgIpc) is 0.739. The number of nitrogens with zero attached hydrogens (tertiary/aromatic N) is 6. The smallest absolute Gasteiger partial charge is 0.252 e. The van der Waals surface area contributed by atoms with Gasteiger partial charge in [0.05, 0.1) is 0 Å². The van der Waals surface area contributed by atoms with Crippen LogP contribution in [0, 0.1) is 20.8 Å². The first kappa shape index (κ1) is 80.3. The minimum absolute atomic E-state index is 0.0781. The van der Waals surface area contributed by atoms with E-state index in [9.17, 15) is 0 Å². The van der Waals surface area contributed by atoms with Gasteiger partial charge in [-0.15, -0.1) is 0 Å². The summed E-state index contributed by atoms with van der Waals surface area (Å²) in [6.45, 7) is 5.51. The third-order valence-electron chi connectivity index (χ3n) is 31.0. The number of aryl methyl sites for hydroxylation is 3. The molecule has 0 fully saturated rings. The van der Waals surface area contributed by atoms with Gasteiger partial charge in [-0.25, -0.2) is 0 Å². The quantitative estimate of drug-likeness (QED) is 0.0983. The summed E-state index contributed by atoms with van der Waals surface area (Å²) in [7, 11) is 0. The number of benzene rings is 18. The Labute approximate surface area is 824 Å². The van der Waals surface area contributed by atoms with Crippen LogP contribution in [0.5, 0.6) is 0 Å². The molecule has 0 amide bonds. The molecule has 0 saturated heterocycles. The Morgan fingerprint density at radius 3 is 0.880 bits per heavy atom. The number of furan rings is 4. The number of anilines is 18. The molecule has 22 aromatic rings. The van der Waals surface area contributed by atoms with E-state index in [0.717, 1.165) is 175 Å². The third kappa shape index (κ3) is 12.1. The molecule has 0 unspecified atom stereocenters. The number of hydrogen-bond donors (Lipinski definition) is 0. The van der Waals surface area contributed by atoms with E-state index >= 15 is 0 Å². The highest BCUT2D eigenvalue weighted by atomic mass is 16.3. The second kappa shape index (κ2) is 31.1. The molecule has 4 aromatic heterocycles. The fraction of sp³-hybridized carbons (Fsp3) is 0.0312. The summed E-state index contributed by atoms with van der Waals surface area (Å²) < 4.78 is 25.8. The van der Waals surface area contributed by atoms with Crippen LogP contribution < -0.4 is 95.0 Å². The zero-order valence-corrected chi connectivity index (χ0v) is 78.0. The molecule has 0 bridgehead atoms. The van der Waals surface area contributed by atoms with Gasteiger partial charge in [-0.05, 0) is 306 Å². The number of para-hydroxylation sites is 7. The van der Waals surface area contributed by atoms with Gasteiger partial charge in [0.2, 0.25) is 0 Å². The van der Waals surface area contributed by atoms with Gasteiger partial charge in [-0.1, -0.05) is 273 Å². The molecule has 142 heavy (non-hydrogen) atoms. The van der Waals surface area contributed by atoms with Crippen LogP contribution >= 0.6 is 0 Å². The summed E-state index contributed by atoms with van der Waals surface area (Å²) in [5.74, 6) is 6.96. The SMILES string of the molecule is Cc1ccc(-c2ccc(-c3cccc(N4c5ccccc5B5c6cc(Cc7ccc(-c8ccc(-c9cc%10c%11c(c9)N9c%12cccc%13c%12B(c%12ccc(-c%14ccc(-c%15ccc(C)o%15)cc%14)cc%12N%13c%12ccccc%12)c%12cccc(c%129)B%11c9ccccc9N%10c9ccccc9)cc8)o7)cc7c6N(c6cccc4c65)c4cc(-c5ccc(-c6ccc(C)o6)cc5)cc5c4B7c4ccccc4N5c4ccccc4)c3)cc2)o1. The molecule has 0 N–H and O–H groups in total. The molecule has 0 atom stereocenters. The van der Waals surface area contributed by atoms with E-state index in [1.165, 1.54) is 111 Å². The lowest BCUT2D eigenvalue weighted by atomic mass is 9.29. The van der Waals surface area contributed by atoms with E-state index < -0.39 is 0 Å². The van der Waals surface area contributed by atoms with Crippen LogP contribution in [0.3, 0.4) is 0 Å². The standard InChI is InChI=1S/C128H84B4N6O4/c1-78-43-65-119(139-78)86-54-46-82(47-55-86)90-23-19-30-97(72-90)136-109-38-18-15-33-101(109)131-105-70-81(71-106-128(105)138(113-42-22-40-111(136)124(113)131)118-77-93(84-50-58-88(59-51-84)121-67-45-80(3)141-121)75-116-126(118)132(106)100-32-14-17-37-108(100)134(116)95-26-9-5-10-27-95)69-98-63-68-122(142-98)89-60-52-85(53-61-89)92-74-115-125-117(76-92)137-112-41-21-39-110-123(112)130(104-35-20-34-103(127(104)137)129(125)99-31-13-16-36-107(99)133(115)94-24-7-4-8-25-94)102-64-62-91(73-114(102)135(110)96-28-11-6-12-29-96)83-48-56-87(57-49-83)120-66-44-79(2)140-120/h4-68,70-77H,69H2,1-3H3. The van der Waals surface area contributed by atoms with E-state index in [1.54, 1.807) is 0 Å². The van der Waals surface area contributed by atoms with Crippen molar-refractivity contribution < 1.29 is 17.7 Å². The summed E-state index contributed by atoms with van der Waals surface area (Å²) in [6, 6.07) is 165. The van der Waals surface area contributed by atoms with Crippen molar-refractivity contribution in [3.05, 3.63) is 471 Å². The predicted octanol–water partition coefficient (Wildman–Crippen LogP) is 25.3. The van der Waals surface area contributed by atoms with Crippen LogP contribution in [0.2, 0.25) is 0 Å². The Bertz CT molecular complexity index is 9000. The predicted molar refractivity (Wildman–Crippen MR) is 589 cm³/mol. The van der Waals surface area contributed by atoms with Crippen molar-refractivity contribution in [3.8, 4) is 89.8 Å². The molecular weight excluding hydrogens is 1730 g/mol. The van der Waals surface area contributed by atoms with E-state index in [-0.39, 0.29) is 26.9 Å². The lowest BCUT2D eigenvalue weighted by Gasteiger charge is -2.50. The second-order valence-corrected chi connectivity index (χ2v) is 38.9. The number of rotatable bonds is 14. The first-order valence-corrected chi connectivity index (χ1v) is 49.2. The topological polar surface area (TPSA) is 72.0 Å². The molecule has 8 aliphatic heterocycles. The van der Waals surface area contributed by atoms with E-state index in [4.69, 9.17) is 17.7 Å². The van der Waals surface area contributed by atoms with Gasteiger partial charge >= 0.3 is 0 Å². The molecule has 0 spiro atoms. The molecule has 18 aromatic carbocycles. The fourth-order valence-electron chi connectivity index (χ4n) is 24.9. The van der Waals surface area contributed by atoms with Crippen LogP contribution in [0.25, 0.3) is 89.8 Å². The normalized spacial score (nSPS) is 13.5. The molecule has 0 radical (unpaired) electrons. The molecule has 12 heterocycles. The molecule has 662 valence electrons. The summed E-state index contributed by atoms with van der Waals surface area (Å²) in [5.41, 5.74) is 50.3. The van der Waals surface area contributed by atoms with Gasteiger partial charge in [0.1, 0.15) is 46.1 Å². The van der Waals surface area contributed by atoms with Crippen molar-refractivity contribution in [1.29, 1.82) is 0 Å². The van der Waals surface area contributed by atoms with Crippen molar-refractivity contribution >= 4 is 195 Å². The Morgan fingerprint density at radius 1 is 0.176 bits per heavy atom. The van der Waals surface area contributed by atoms with Gasteiger partial charge in [0.25, 0.3) is 26.9 Å². The summed E-state index contributed by atoms with van der Waals surface area (Å²) >= 11 is 0. The zero-order chi connectivity index (χ0) is 93.4. The van der Waals surface area contributed by atoms with Gasteiger partial charge in [-0.2, -0.15) is 0 Å².